The summed E-state index contributed by atoms with van der Waals surface area (Å²) >= 11 is 3.05. The predicted molar refractivity (Wildman–Crippen MR) is 63.1 cm³/mol. The van der Waals surface area contributed by atoms with E-state index in [2.05, 4.69) is 15.9 Å². The van der Waals surface area contributed by atoms with Gasteiger partial charge in [0.05, 0.1) is 11.2 Å². The van der Waals surface area contributed by atoms with E-state index in [-0.39, 0.29) is 5.56 Å². The Morgan fingerprint density at radius 2 is 1.78 bits per heavy atom. The van der Waals surface area contributed by atoms with Gasteiger partial charge in [-0.25, -0.2) is 0 Å². The Labute approximate surface area is 111 Å². The van der Waals surface area contributed by atoms with Crippen LogP contribution in [0.5, 0.6) is 0 Å². The van der Waals surface area contributed by atoms with Crippen LogP contribution in [0.4, 0.5) is 13.2 Å². The summed E-state index contributed by atoms with van der Waals surface area (Å²) < 4.78 is 43.6. The van der Waals surface area contributed by atoms with E-state index in [1.165, 1.54) is 6.07 Å². The number of hydrogen-bond acceptors (Lipinski definition) is 2. The lowest BCUT2D eigenvalue weighted by Crippen LogP contribution is -2.33. The second-order valence-electron chi connectivity index (χ2n) is 4.37. The molecule has 6 heteroatoms. The molecule has 1 fully saturated rings. The second kappa shape index (κ2) is 4.83. The fourth-order valence-electron chi connectivity index (χ4n) is 2.02. The van der Waals surface area contributed by atoms with Gasteiger partial charge in [-0.05, 0) is 23.8 Å². The van der Waals surface area contributed by atoms with Crippen LogP contribution in [0.3, 0.4) is 0 Å². The lowest BCUT2D eigenvalue weighted by Gasteiger charge is -2.33. The Balaban J connectivity index is 2.41. The molecule has 0 radical (unpaired) electrons. The second-order valence-corrected chi connectivity index (χ2v) is 5.29. The predicted octanol–water partition coefficient (Wildman–Crippen LogP) is 3.47. The molecule has 18 heavy (non-hydrogen) atoms. The maximum Gasteiger partial charge on any atom is 0.416 e. The number of rotatable bonds is 1. The van der Waals surface area contributed by atoms with Gasteiger partial charge in [0.15, 0.2) is 0 Å². The molecule has 1 saturated heterocycles. The summed E-state index contributed by atoms with van der Waals surface area (Å²) in [6.07, 6.45) is -3.80. The van der Waals surface area contributed by atoms with Gasteiger partial charge in [-0.3, -0.25) is 0 Å². The first-order chi connectivity index (χ1) is 8.31. The van der Waals surface area contributed by atoms with E-state index in [9.17, 15) is 18.3 Å². The SMILES string of the molecule is OC1(c2cc(Br)cc(C(F)(F)F)c2)CCOCC1. The molecule has 1 N–H and O–H groups in total. The molecule has 2 rings (SSSR count). The smallest absolute Gasteiger partial charge is 0.385 e. The average molecular weight is 325 g/mol. The molecule has 1 aromatic carbocycles. The van der Waals surface area contributed by atoms with Crippen molar-refractivity contribution in [3.05, 3.63) is 33.8 Å². The zero-order valence-electron chi connectivity index (χ0n) is 9.43. The topological polar surface area (TPSA) is 29.5 Å². The van der Waals surface area contributed by atoms with Crippen molar-refractivity contribution in [2.45, 2.75) is 24.6 Å². The maximum atomic E-state index is 12.7. The summed E-state index contributed by atoms with van der Waals surface area (Å²) in [6, 6.07) is 3.54. The van der Waals surface area contributed by atoms with Crippen molar-refractivity contribution in [2.24, 2.45) is 0 Å². The van der Waals surface area contributed by atoms with E-state index >= 15 is 0 Å². The normalized spacial score (nSPS) is 19.8. The Bertz CT molecular complexity index is 439. The Morgan fingerprint density at radius 3 is 2.33 bits per heavy atom. The number of halogens is 4. The first-order valence-electron chi connectivity index (χ1n) is 5.50. The molecule has 1 heterocycles. The van der Waals surface area contributed by atoms with Gasteiger partial charge in [0.2, 0.25) is 0 Å². The number of benzene rings is 1. The first-order valence-corrected chi connectivity index (χ1v) is 6.29. The Hall–Kier alpha value is -0.590. The molecule has 100 valence electrons. The number of ether oxygens (including phenoxy) is 1. The minimum absolute atomic E-state index is 0.285. The zero-order valence-corrected chi connectivity index (χ0v) is 11.0. The highest BCUT2D eigenvalue weighted by Crippen LogP contribution is 2.38. The number of hydrogen-bond donors (Lipinski definition) is 1. The van der Waals surface area contributed by atoms with Crippen LogP contribution < -0.4 is 0 Å². The van der Waals surface area contributed by atoms with E-state index < -0.39 is 17.3 Å². The minimum Gasteiger partial charge on any atom is -0.385 e. The van der Waals surface area contributed by atoms with E-state index in [0.717, 1.165) is 12.1 Å². The molecule has 1 aliphatic rings. The summed E-state index contributed by atoms with van der Waals surface area (Å²) in [5, 5.41) is 10.4. The highest BCUT2D eigenvalue weighted by atomic mass is 79.9. The molecule has 0 bridgehead atoms. The average Bonchev–Trinajstić information content (AvgIpc) is 2.28. The Kier molecular flexibility index (Phi) is 3.71. The van der Waals surface area contributed by atoms with Crippen LogP contribution in [0, 0.1) is 0 Å². The summed E-state index contributed by atoms with van der Waals surface area (Å²) in [6.45, 7) is 0.703. The minimum atomic E-state index is -4.42. The van der Waals surface area contributed by atoms with E-state index in [1.54, 1.807) is 0 Å². The van der Waals surface area contributed by atoms with Crippen molar-refractivity contribution in [1.82, 2.24) is 0 Å². The van der Waals surface area contributed by atoms with Gasteiger partial charge >= 0.3 is 6.18 Å². The monoisotopic (exact) mass is 324 g/mol. The molecular weight excluding hydrogens is 313 g/mol. The van der Waals surface area contributed by atoms with Crippen LogP contribution in [-0.2, 0) is 16.5 Å². The number of aliphatic hydroxyl groups is 1. The zero-order chi connectivity index (χ0) is 13.4. The van der Waals surface area contributed by atoms with Gasteiger partial charge in [0, 0.05) is 30.5 Å². The van der Waals surface area contributed by atoms with Gasteiger partial charge in [0.25, 0.3) is 0 Å². The molecule has 1 aromatic rings. The first kappa shape index (κ1) is 13.8. The fourth-order valence-corrected chi connectivity index (χ4v) is 2.51. The third-order valence-corrected chi connectivity index (χ3v) is 3.54. The summed E-state index contributed by atoms with van der Waals surface area (Å²) in [5.74, 6) is 0. The lowest BCUT2D eigenvalue weighted by atomic mass is 9.86. The van der Waals surface area contributed by atoms with Crippen LogP contribution >= 0.6 is 15.9 Å². The van der Waals surface area contributed by atoms with Gasteiger partial charge in [-0.2, -0.15) is 13.2 Å². The van der Waals surface area contributed by atoms with Gasteiger partial charge in [0.1, 0.15) is 0 Å². The third-order valence-electron chi connectivity index (χ3n) is 3.08. The molecule has 0 saturated carbocycles. The summed E-state index contributed by atoms with van der Waals surface area (Å²) in [7, 11) is 0. The van der Waals surface area contributed by atoms with Crippen molar-refractivity contribution in [2.75, 3.05) is 13.2 Å². The van der Waals surface area contributed by atoms with Crippen LogP contribution in [0.1, 0.15) is 24.0 Å². The van der Waals surface area contributed by atoms with E-state index in [1.807, 2.05) is 0 Å². The van der Waals surface area contributed by atoms with E-state index in [4.69, 9.17) is 4.74 Å². The molecule has 0 aromatic heterocycles. The van der Waals surface area contributed by atoms with Crippen molar-refractivity contribution in [1.29, 1.82) is 0 Å². The van der Waals surface area contributed by atoms with Crippen LogP contribution in [-0.4, -0.2) is 18.3 Å². The standard InChI is InChI=1S/C12H12BrF3O2/c13-10-6-8(5-9(7-10)12(14,15)16)11(17)1-3-18-4-2-11/h5-7,17H,1-4H2. The van der Waals surface area contributed by atoms with Crippen LogP contribution in [0.2, 0.25) is 0 Å². The lowest BCUT2D eigenvalue weighted by molar-refractivity contribution is -0.138. The van der Waals surface area contributed by atoms with Crippen LogP contribution in [0.25, 0.3) is 0 Å². The molecular formula is C12H12BrF3O2. The third kappa shape index (κ3) is 2.87. The number of alkyl halides is 3. The molecule has 1 aliphatic heterocycles. The summed E-state index contributed by atoms with van der Waals surface area (Å²) in [4.78, 5) is 0. The molecule has 0 atom stereocenters. The quantitative estimate of drug-likeness (QED) is 0.857. The molecule has 2 nitrogen and oxygen atoms in total. The Morgan fingerprint density at radius 1 is 1.17 bits per heavy atom. The van der Waals surface area contributed by atoms with E-state index in [0.29, 0.717) is 30.5 Å². The van der Waals surface area contributed by atoms with Crippen LogP contribution in [0.15, 0.2) is 22.7 Å². The molecule has 0 unspecified atom stereocenters. The summed E-state index contributed by atoms with van der Waals surface area (Å²) in [5.41, 5.74) is -1.71. The molecule has 0 amide bonds. The highest BCUT2D eigenvalue weighted by molar-refractivity contribution is 9.10. The highest BCUT2D eigenvalue weighted by Gasteiger charge is 2.36. The van der Waals surface area contributed by atoms with Crippen molar-refractivity contribution >= 4 is 15.9 Å². The van der Waals surface area contributed by atoms with Crippen molar-refractivity contribution in [3.63, 3.8) is 0 Å². The maximum absolute atomic E-state index is 12.7. The largest absolute Gasteiger partial charge is 0.416 e. The van der Waals surface area contributed by atoms with Crippen molar-refractivity contribution < 1.29 is 23.0 Å². The van der Waals surface area contributed by atoms with Crippen molar-refractivity contribution in [3.8, 4) is 0 Å². The van der Waals surface area contributed by atoms with Gasteiger partial charge in [-0.1, -0.05) is 15.9 Å². The van der Waals surface area contributed by atoms with Gasteiger partial charge in [-0.15, -0.1) is 0 Å². The molecule has 0 spiro atoms. The van der Waals surface area contributed by atoms with Gasteiger partial charge < -0.3 is 9.84 Å². The molecule has 0 aliphatic carbocycles. The fraction of sp³-hybridized carbons (Fsp3) is 0.500.